The fourth-order valence-electron chi connectivity index (χ4n) is 4.17. The summed E-state index contributed by atoms with van der Waals surface area (Å²) in [5, 5.41) is 0.326. The summed E-state index contributed by atoms with van der Waals surface area (Å²) in [6, 6.07) is 0.412. The minimum Gasteiger partial charge on any atom is -0.369 e. The van der Waals surface area contributed by atoms with Gasteiger partial charge in [-0.15, -0.1) is 0 Å². The van der Waals surface area contributed by atoms with E-state index in [1.807, 2.05) is 0 Å². The highest BCUT2D eigenvalue weighted by Crippen LogP contribution is 2.38. The zero-order valence-electron chi connectivity index (χ0n) is 12.8. The molecule has 0 unspecified atom stereocenters. The largest absolute Gasteiger partial charge is 0.369 e. The first-order valence-corrected chi connectivity index (χ1v) is 8.82. The van der Waals surface area contributed by atoms with E-state index in [0.717, 1.165) is 29.7 Å². The molecule has 2 aromatic rings. The molecule has 2 fully saturated rings. The molecule has 0 spiro atoms. The number of hydrogen-bond donors (Lipinski definition) is 1. The smallest absolute Gasteiger partial charge is 0.224 e. The molecule has 2 aromatic heterocycles. The van der Waals surface area contributed by atoms with Crippen LogP contribution in [0.25, 0.3) is 11.2 Å². The molecule has 22 heavy (non-hydrogen) atoms. The number of nitrogens with two attached hydrogens (primary N) is 1. The molecular weight excluding hydrogens is 298 g/mol. The van der Waals surface area contributed by atoms with E-state index in [0.29, 0.717) is 23.2 Å². The lowest BCUT2D eigenvalue weighted by Crippen LogP contribution is -2.11. The topological polar surface area (TPSA) is 69.6 Å². The van der Waals surface area contributed by atoms with Crippen molar-refractivity contribution in [3.63, 3.8) is 0 Å². The van der Waals surface area contributed by atoms with Crippen LogP contribution in [0, 0.1) is 0 Å². The van der Waals surface area contributed by atoms with E-state index in [1.54, 1.807) is 0 Å². The average Bonchev–Trinajstić information content (AvgIpc) is 3.14. The first kappa shape index (κ1) is 14.2. The molecule has 0 atom stereocenters. The van der Waals surface area contributed by atoms with Crippen LogP contribution in [-0.2, 0) is 0 Å². The Balaban J connectivity index is 1.85. The van der Waals surface area contributed by atoms with Crippen LogP contribution in [0.15, 0.2) is 0 Å². The normalized spacial score (nSPS) is 21.0. The Morgan fingerprint density at radius 1 is 0.909 bits per heavy atom. The van der Waals surface area contributed by atoms with Crippen molar-refractivity contribution in [3.05, 3.63) is 11.0 Å². The quantitative estimate of drug-likeness (QED) is 0.841. The summed E-state index contributed by atoms with van der Waals surface area (Å²) in [5.41, 5.74) is 8.95. The van der Waals surface area contributed by atoms with Crippen molar-refractivity contribution in [2.24, 2.45) is 0 Å². The lowest BCUT2D eigenvalue weighted by molar-refractivity contribution is 0.438. The van der Waals surface area contributed by atoms with Crippen LogP contribution in [0.5, 0.6) is 0 Å². The van der Waals surface area contributed by atoms with Gasteiger partial charge in [-0.25, -0.2) is 9.97 Å². The Hall–Kier alpha value is -1.36. The summed E-state index contributed by atoms with van der Waals surface area (Å²) in [7, 11) is 0. The molecule has 2 aliphatic rings. The lowest BCUT2D eigenvalue weighted by Gasteiger charge is -2.21. The second kappa shape index (κ2) is 5.69. The van der Waals surface area contributed by atoms with Crippen LogP contribution in [0.2, 0.25) is 5.28 Å². The zero-order chi connectivity index (χ0) is 15.1. The maximum absolute atomic E-state index is 6.23. The van der Waals surface area contributed by atoms with Gasteiger partial charge in [0.2, 0.25) is 11.2 Å². The Labute approximate surface area is 135 Å². The van der Waals surface area contributed by atoms with Gasteiger partial charge in [-0.1, -0.05) is 32.1 Å². The summed E-state index contributed by atoms with van der Waals surface area (Å²) in [5.74, 6) is 1.01. The van der Waals surface area contributed by atoms with Crippen LogP contribution < -0.4 is 5.73 Å². The van der Waals surface area contributed by atoms with Crippen molar-refractivity contribution in [1.29, 1.82) is 0 Å². The van der Waals surface area contributed by atoms with Gasteiger partial charge in [0, 0.05) is 12.0 Å². The van der Waals surface area contributed by atoms with E-state index in [-0.39, 0.29) is 0 Å². The second-order valence-electron chi connectivity index (χ2n) is 6.66. The van der Waals surface area contributed by atoms with Gasteiger partial charge >= 0.3 is 0 Å². The number of imidazole rings is 1. The van der Waals surface area contributed by atoms with E-state index in [1.165, 1.54) is 44.9 Å². The predicted molar refractivity (Wildman–Crippen MR) is 88.1 cm³/mol. The van der Waals surface area contributed by atoms with Gasteiger partial charge in [0.1, 0.15) is 5.52 Å². The number of aromatic nitrogens is 4. The molecular formula is C16H22ClN5. The van der Waals surface area contributed by atoms with E-state index in [4.69, 9.17) is 17.3 Å². The number of halogens is 1. The second-order valence-corrected chi connectivity index (χ2v) is 7.00. The summed E-state index contributed by atoms with van der Waals surface area (Å²) >= 11 is 6.23. The van der Waals surface area contributed by atoms with E-state index >= 15 is 0 Å². The standard InChI is InChI=1S/C16H22ClN5/c17-15-19-12(10-6-2-1-3-7-10)13-14(21-15)22(16(18)20-13)11-8-4-5-9-11/h10-11H,1-9H2,(H2,18,20). The van der Waals surface area contributed by atoms with Gasteiger partial charge in [-0.05, 0) is 37.3 Å². The third-order valence-electron chi connectivity index (χ3n) is 5.25. The maximum Gasteiger partial charge on any atom is 0.224 e. The number of fused-ring (bicyclic) bond motifs is 1. The van der Waals surface area contributed by atoms with Gasteiger partial charge in [0.05, 0.1) is 5.69 Å². The Kier molecular flexibility index (Phi) is 3.68. The van der Waals surface area contributed by atoms with Gasteiger partial charge in [0.25, 0.3) is 0 Å². The first-order valence-electron chi connectivity index (χ1n) is 8.45. The third-order valence-corrected chi connectivity index (χ3v) is 5.42. The number of hydrogen-bond acceptors (Lipinski definition) is 4. The molecule has 0 saturated heterocycles. The molecule has 2 heterocycles. The van der Waals surface area contributed by atoms with Gasteiger partial charge < -0.3 is 5.73 Å². The van der Waals surface area contributed by atoms with Crippen LogP contribution in [0.3, 0.4) is 0 Å². The predicted octanol–water partition coefficient (Wildman–Crippen LogP) is 4.22. The molecule has 6 heteroatoms. The van der Waals surface area contributed by atoms with E-state index in [2.05, 4.69) is 19.5 Å². The van der Waals surface area contributed by atoms with Crippen LogP contribution in [-0.4, -0.2) is 19.5 Å². The highest BCUT2D eigenvalue weighted by atomic mass is 35.5. The SMILES string of the molecule is Nc1nc2c(C3CCCCC3)nc(Cl)nc2n1C1CCCC1. The van der Waals surface area contributed by atoms with E-state index < -0.39 is 0 Å². The first-order chi connectivity index (χ1) is 10.7. The fraction of sp³-hybridized carbons (Fsp3) is 0.688. The third kappa shape index (κ3) is 2.35. The van der Waals surface area contributed by atoms with Crippen molar-refractivity contribution in [2.75, 3.05) is 5.73 Å². The molecule has 2 N–H and O–H groups in total. The summed E-state index contributed by atoms with van der Waals surface area (Å²) < 4.78 is 2.10. The number of nitrogens with zero attached hydrogens (tertiary/aromatic N) is 4. The minimum atomic E-state index is 0.326. The molecule has 118 valence electrons. The van der Waals surface area contributed by atoms with Crippen LogP contribution in [0.4, 0.5) is 5.95 Å². The van der Waals surface area contributed by atoms with Crippen molar-refractivity contribution >= 4 is 28.7 Å². The van der Waals surface area contributed by atoms with Crippen molar-refractivity contribution in [1.82, 2.24) is 19.5 Å². The summed E-state index contributed by atoms with van der Waals surface area (Å²) in [6.45, 7) is 0. The average molecular weight is 320 g/mol. The number of rotatable bonds is 2. The summed E-state index contributed by atoms with van der Waals surface area (Å²) in [4.78, 5) is 13.6. The molecule has 0 aromatic carbocycles. The highest BCUT2D eigenvalue weighted by Gasteiger charge is 2.27. The zero-order valence-corrected chi connectivity index (χ0v) is 13.5. The monoisotopic (exact) mass is 319 g/mol. The molecule has 5 nitrogen and oxygen atoms in total. The minimum absolute atomic E-state index is 0.326. The number of anilines is 1. The highest BCUT2D eigenvalue weighted by molar-refractivity contribution is 6.28. The Morgan fingerprint density at radius 2 is 1.59 bits per heavy atom. The molecule has 0 bridgehead atoms. The lowest BCUT2D eigenvalue weighted by atomic mass is 9.86. The van der Waals surface area contributed by atoms with Crippen LogP contribution >= 0.6 is 11.6 Å². The maximum atomic E-state index is 6.23. The molecule has 2 saturated carbocycles. The molecule has 4 rings (SSSR count). The van der Waals surface area contributed by atoms with Crippen molar-refractivity contribution < 1.29 is 0 Å². The van der Waals surface area contributed by atoms with Crippen LogP contribution in [0.1, 0.15) is 75.4 Å². The molecule has 0 radical (unpaired) electrons. The molecule has 0 amide bonds. The van der Waals surface area contributed by atoms with Gasteiger partial charge in [-0.3, -0.25) is 4.57 Å². The molecule has 0 aliphatic heterocycles. The Bertz CT molecular complexity index is 683. The number of nitrogen functional groups attached to an aromatic ring is 1. The van der Waals surface area contributed by atoms with Crippen molar-refractivity contribution in [2.45, 2.75) is 69.7 Å². The molecule has 2 aliphatic carbocycles. The fourth-order valence-corrected chi connectivity index (χ4v) is 4.34. The van der Waals surface area contributed by atoms with Gasteiger partial charge in [-0.2, -0.15) is 4.98 Å². The van der Waals surface area contributed by atoms with E-state index in [9.17, 15) is 0 Å². The summed E-state index contributed by atoms with van der Waals surface area (Å²) in [6.07, 6.45) is 11.0. The van der Waals surface area contributed by atoms with Gasteiger partial charge in [0.15, 0.2) is 5.65 Å². The van der Waals surface area contributed by atoms with Crippen molar-refractivity contribution in [3.8, 4) is 0 Å². The Morgan fingerprint density at radius 3 is 2.32 bits per heavy atom.